The van der Waals surface area contributed by atoms with Gasteiger partial charge in [0, 0.05) is 12.8 Å². The molecule has 0 bridgehead atoms. The van der Waals surface area contributed by atoms with Crippen molar-refractivity contribution in [1.29, 1.82) is 0 Å². The third-order valence-electron chi connectivity index (χ3n) is 1.35. The molecule has 4 nitrogen and oxygen atoms in total. The van der Waals surface area contributed by atoms with Crippen molar-refractivity contribution in [2.24, 2.45) is 10.1 Å². The molecule has 0 amide bonds. The highest BCUT2D eigenvalue weighted by Gasteiger charge is 2.26. The number of hydrogen-bond acceptors (Lipinski definition) is 4. The first-order chi connectivity index (χ1) is 4.47. The third kappa shape index (κ3) is 0.929. The van der Waals surface area contributed by atoms with Crippen LogP contribution in [0.15, 0.2) is 10.1 Å². The summed E-state index contributed by atoms with van der Waals surface area (Å²) in [6, 6.07) is 0.461. The van der Waals surface area contributed by atoms with Gasteiger partial charge in [-0.1, -0.05) is 0 Å². The molecule has 0 aromatic carbocycles. The third-order valence-corrected chi connectivity index (χ3v) is 1.35. The Kier molecular flexibility index (Phi) is 0.989. The standard InChI is InChI=1S/C5H8N4/c1-2-8-9-5(6-1)4-3-7-4/h2,4,7H,1,3H2,(H,6,9). The Morgan fingerprint density at radius 1 is 1.67 bits per heavy atom. The van der Waals surface area contributed by atoms with Crippen molar-refractivity contribution >= 4 is 12.1 Å². The van der Waals surface area contributed by atoms with Crippen molar-refractivity contribution in [2.45, 2.75) is 6.04 Å². The molecule has 2 heterocycles. The van der Waals surface area contributed by atoms with Crippen LogP contribution in [0.1, 0.15) is 0 Å². The van der Waals surface area contributed by atoms with E-state index in [4.69, 9.17) is 0 Å². The first kappa shape index (κ1) is 4.93. The van der Waals surface area contributed by atoms with Crippen molar-refractivity contribution < 1.29 is 0 Å². The average molecular weight is 124 g/mol. The summed E-state index contributed by atoms with van der Waals surface area (Å²) < 4.78 is 0. The number of amidine groups is 1. The van der Waals surface area contributed by atoms with Gasteiger partial charge in [0.15, 0.2) is 0 Å². The van der Waals surface area contributed by atoms with E-state index in [0.29, 0.717) is 6.04 Å². The minimum Gasteiger partial charge on any atom is -0.304 e. The first-order valence-electron chi connectivity index (χ1n) is 3.02. The van der Waals surface area contributed by atoms with Crippen LogP contribution < -0.4 is 10.7 Å². The molecule has 48 valence electrons. The van der Waals surface area contributed by atoms with E-state index in [9.17, 15) is 0 Å². The van der Waals surface area contributed by atoms with E-state index in [2.05, 4.69) is 20.8 Å². The second-order valence-electron chi connectivity index (χ2n) is 2.11. The molecule has 9 heavy (non-hydrogen) atoms. The fourth-order valence-corrected chi connectivity index (χ4v) is 0.768. The molecule has 0 spiro atoms. The van der Waals surface area contributed by atoms with Gasteiger partial charge in [-0.15, -0.1) is 0 Å². The Bertz CT molecular complexity index is 168. The molecule has 2 aliphatic rings. The van der Waals surface area contributed by atoms with Crippen LogP contribution in [0.4, 0.5) is 0 Å². The van der Waals surface area contributed by atoms with Crippen molar-refractivity contribution in [3.05, 3.63) is 0 Å². The molecule has 1 fully saturated rings. The maximum absolute atomic E-state index is 4.19. The fourth-order valence-electron chi connectivity index (χ4n) is 0.768. The van der Waals surface area contributed by atoms with Gasteiger partial charge in [-0.2, -0.15) is 5.10 Å². The molecule has 2 rings (SSSR count). The van der Waals surface area contributed by atoms with Crippen molar-refractivity contribution in [3.8, 4) is 0 Å². The first-order valence-corrected chi connectivity index (χ1v) is 3.02. The second kappa shape index (κ2) is 1.80. The summed E-state index contributed by atoms with van der Waals surface area (Å²) in [4.78, 5) is 4.19. The molecule has 0 saturated carbocycles. The zero-order valence-electron chi connectivity index (χ0n) is 4.96. The fraction of sp³-hybridized carbons (Fsp3) is 0.600. The summed E-state index contributed by atoms with van der Waals surface area (Å²) in [5.74, 6) is 0.984. The molecule has 1 saturated heterocycles. The molecule has 2 N–H and O–H groups in total. The zero-order chi connectivity index (χ0) is 6.10. The van der Waals surface area contributed by atoms with E-state index in [1.54, 1.807) is 6.21 Å². The lowest BCUT2D eigenvalue weighted by Crippen LogP contribution is -2.28. The SMILES string of the molecule is C1=NNC(C2CN2)=NC1. The molecule has 0 aromatic heterocycles. The van der Waals surface area contributed by atoms with Crippen LogP contribution in [0.2, 0.25) is 0 Å². The van der Waals surface area contributed by atoms with Gasteiger partial charge in [0.2, 0.25) is 0 Å². The van der Waals surface area contributed by atoms with E-state index in [0.717, 1.165) is 18.9 Å². The van der Waals surface area contributed by atoms with Gasteiger partial charge in [-0.25, -0.2) is 0 Å². The Hall–Kier alpha value is -0.900. The summed E-state index contributed by atoms with van der Waals surface area (Å²) >= 11 is 0. The van der Waals surface area contributed by atoms with Gasteiger partial charge in [0.1, 0.15) is 5.84 Å². The monoisotopic (exact) mass is 124 g/mol. The van der Waals surface area contributed by atoms with Crippen molar-refractivity contribution in [3.63, 3.8) is 0 Å². The maximum Gasteiger partial charge on any atom is 0.136 e. The lowest BCUT2D eigenvalue weighted by molar-refractivity contribution is 0.944. The van der Waals surface area contributed by atoms with Crippen LogP contribution in [0.5, 0.6) is 0 Å². The minimum absolute atomic E-state index is 0.461. The van der Waals surface area contributed by atoms with E-state index >= 15 is 0 Å². The van der Waals surface area contributed by atoms with Crippen molar-refractivity contribution in [2.75, 3.05) is 13.1 Å². The lowest BCUT2D eigenvalue weighted by atomic mass is 10.4. The number of hydrazone groups is 1. The molecule has 0 aliphatic carbocycles. The highest BCUT2D eigenvalue weighted by Crippen LogP contribution is 1.99. The van der Waals surface area contributed by atoms with Crippen LogP contribution in [-0.2, 0) is 0 Å². The number of hydrogen-bond donors (Lipinski definition) is 2. The molecule has 0 aromatic rings. The van der Waals surface area contributed by atoms with Crippen LogP contribution in [0, 0.1) is 0 Å². The van der Waals surface area contributed by atoms with E-state index in [1.807, 2.05) is 0 Å². The van der Waals surface area contributed by atoms with Gasteiger partial charge in [-0.3, -0.25) is 10.4 Å². The van der Waals surface area contributed by atoms with E-state index in [-0.39, 0.29) is 0 Å². The Labute approximate surface area is 53.0 Å². The number of nitrogens with zero attached hydrogens (tertiary/aromatic N) is 2. The Morgan fingerprint density at radius 3 is 3.11 bits per heavy atom. The smallest absolute Gasteiger partial charge is 0.136 e. The van der Waals surface area contributed by atoms with Gasteiger partial charge >= 0.3 is 0 Å². The van der Waals surface area contributed by atoms with E-state index < -0.39 is 0 Å². The van der Waals surface area contributed by atoms with Gasteiger partial charge in [0.25, 0.3) is 0 Å². The maximum atomic E-state index is 4.19. The van der Waals surface area contributed by atoms with Crippen molar-refractivity contribution in [1.82, 2.24) is 10.7 Å². The van der Waals surface area contributed by atoms with Gasteiger partial charge < -0.3 is 5.32 Å². The van der Waals surface area contributed by atoms with Gasteiger partial charge in [0.05, 0.1) is 12.6 Å². The van der Waals surface area contributed by atoms with Gasteiger partial charge in [-0.05, 0) is 0 Å². The summed E-state index contributed by atoms with van der Waals surface area (Å²) in [6.45, 7) is 1.77. The number of rotatable bonds is 1. The molecule has 1 atom stereocenters. The number of nitrogens with one attached hydrogen (secondary N) is 2. The molecular weight excluding hydrogens is 116 g/mol. The predicted molar refractivity (Wildman–Crippen MR) is 35.7 cm³/mol. The quantitative estimate of drug-likeness (QED) is 0.438. The minimum atomic E-state index is 0.461. The summed E-state index contributed by atoms with van der Waals surface area (Å²) in [6.07, 6.45) is 1.76. The highest BCUT2D eigenvalue weighted by molar-refractivity contribution is 5.92. The molecule has 4 heteroatoms. The average Bonchev–Trinajstić information content (AvgIpc) is 2.71. The molecule has 2 aliphatic heterocycles. The largest absolute Gasteiger partial charge is 0.304 e. The summed E-state index contributed by atoms with van der Waals surface area (Å²) in [5, 5.41) is 7.01. The molecular formula is C5H8N4. The second-order valence-corrected chi connectivity index (χ2v) is 2.11. The molecule has 0 radical (unpaired) electrons. The zero-order valence-corrected chi connectivity index (χ0v) is 4.96. The number of aliphatic imine (C=N–C) groups is 1. The van der Waals surface area contributed by atoms with Crippen LogP contribution in [-0.4, -0.2) is 31.2 Å². The highest BCUT2D eigenvalue weighted by atomic mass is 15.4. The topological polar surface area (TPSA) is 58.7 Å². The normalized spacial score (nSPS) is 31.1. The molecule has 1 unspecified atom stereocenters. The summed E-state index contributed by atoms with van der Waals surface area (Å²) in [5.41, 5.74) is 2.84. The van der Waals surface area contributed by atoms with E-state index in [1.165, 1.54) is 0 Å². The Morgan fingerprint density at radius 2 is 2.56 bits per heavy atom. The predicted octanol–water partition coefficient (Wildman–Crippen LogP) is -1.05. The van der Waals surface area contributed by atoms with Crippen LogP contribution in [0.3, 0.4) is 0 Å². The summed E-state index contributed by atoms with van der Waals surface area (Å²) in [7, 11) is 0. The van der Waals surface area contributed by atoms with Crippen LogP contribution >= 0.6 is 0 Å². The van der Waals surface area contributed by atoms with Crippen LogP contribution in [0.25, 0.3) is 0 Å². The Balaban J connectivity index is 2.02. The lowest BCUT2D eigenvalue weighted by Gasteiger charge is -2.04.